The molecule has 6 heterocycles. The summed E-state index contributed by atoms with van der Waals surface area (Å²) >= 11 is 1.84. The molecule has 0 aliphatic rings. The molecule has 0 amide bonds. The van der Waals surface area contributed by atoms with Gasteiger partial charge >= 0.3 is 0 Å². The van der Waals surface area contributed by atoms with Gasteiger partial charge in [-0.3, -0.25) is 4.57 Å². The summed E-state index contributed by atoms with van der Waals surface area (Å²) in [6.07, 6.45) is 0. The summed E-state index contributed by atoms with van der Waals surface area (Å²) in [5.74, 6) is 0.880. The predicted octanol–water partition coefficient (Wildman–Crippen LogP) is 17.5. The van der Waals surface area contributed by atoms with E-state index < -0.39 is 0 Å². The molecule has 0 aliphatic heterocycles. The van der Waals surface area contributed by atoms with Crippen molar-refractivity contribution in [2.24, 2.45) is 0 Å². The van der Waals surface area contributed by atoms with Crippen LogP contribution in [0.25, 0.3) is 142 Å². The van der Waals surface area contributed by atoms with Gasteiger partial charge < -0.3 is 13.7 Å². The van der Waals surface area contributed by atoms with Crippen molar-refractivity contribution >= 4 is 119 Å². The lowest BCUT2D eigenvalue weighted by Crippen LogP contribution is -2.01. The normalized spacial score (nSPS) is 12.2. The summed E-state index contributed by atoms with van der Waals surface area (Å²) in [6, 6.07) is 86.5. The molecule has 0 N–H and O–H groups in total. The summed E-state index contributed by atoms with van der Waals surface area (Å²) in [7, 11) is 0. The number of fused-ring (bicyclic) bond motifs is 16. The third-order valence-electron chi connectivity index (χ3n) is 15.0. The van der Waals surface area contributed by atoms with Crippen molar-refractivity contribution in [3.8, 4) is 34.1 Å². The average molecular weight is 922 g/mol. The molecular weight excluding hydrogens is 883 g/mol. The third kappa shape index (κ3) is 5.37. The Hall–Kier alpha value is -9.23. The average Bonchev–Trinajstić information content (AvgIpc) is 4.24. The largest absolute Gasteiger partial charge is 0.309 e. The van der Waals surface area contributed by atoms with E-state index in [0.29, 0.717) is 0 Å². The van der Waals surface area contributed by atoms with Crippen LogP contribution in [-0.4, -0.2) is 23.3 Å². The molecular formula is C65H39N5S. The van der Waals surface area contributed by atoms with Crippen LogP contribution < -0.4 is 0 Å². The molecule has 10 aromatic carbocycles. The molecule has 16 aromatic rings. The summed E-state index contributed by atoms with van der Waals surface area (Å²) in [5.41, 5.74) is 14.7. The molecule has 0 saturated heterocycles. The summed E-state index contributed by atoms with van der Waals surface area (Å²) < 4.78 is 12.5. The van der Waals surface area contributed by atoms with E-state index in [-0.39, 0.29) is 0 Å². The highest BCUT2D eigenvalue weighted by Crippen LogP contribution is 2.46. The fraction of sp³-hybridized carbons (Fsp3) is 0. The third-order valence-corrected chi connectivity index (χ3v) is 16.1. The highest BCUT2D eigenvalue weighted by atomic mass is 32.1. The molecule has 330 valence electrons. The number of rotatable bonds is 5. The first-order valence-corrected chi connectivity index (χ1v) is 25.0. The van der Waals surface area contributed by atoms with E-state index in [2.05, 4.69) is 255 Å². The molecule has 71 heavy (non-hydrogen) atoms. The Bertz CT molecular complexity index is 4890. The van der Waals surface area contributed by atoms with Gasteiger partial charge in [0.15, 0.2) is 0 Å². The van der Waals surface area contributed by atoms with Crippen LogP contribution in [0.2, 0.25) is 0 Å². The van der Waals surface area contributed by atoms with E-state index in [4.69, 9.17) is 4.98 Å². The molecule has 0 aliphatic carbocycles. The number of hydrogen-bond acceptors (Lipinski definition) is 2. The van der Waals surface area contributed by atoms with E-state index in [1.54, 1.807) is 0 Å². The predicted molar refractivity (Wildman–Crippen MR) is 300 cm³/mol. The zero-order valence-corrected chi connectivity index (χ0v) is 39.0. The van der Waals surface area contributed by atoms with Crippen LogP contribution in [0.15, 0.2) is 237 Å². The van der Waals surface area contributed by atoms with Crippen LogP contribution in [0.5, 0.6) is 0 Å². The smallest absolute Gasteiger partial charge is 0.138 e. The van der Waals surface area contributed by atoms with Gasteiger partial charge in [-0.15, -0.1) is 11.3 Å². The van der Waals surface area contributed by atoms with Crippen molar-refractivity contribution in [3.05, 3.63) is 237 Å². The van der Waals surface area contributed by atoms with Crippen LogP contribution in [0.3, 0.4) is 0 Å². The van der Waals surface area contributed by atoms with E-state index in [1.165, 1.54) is 74.3 Å². The standard InChI is InChI=1S/C65H39N5S/c1-2-17-41(18-3-1)67-53-27-11-6-22-47(53)62-55(67)29-15-30-56(62)68-54-28-12-7-23-48(54)63-57(68)31-16-32-58(63)69-51-25-9-4-19-42(51)45-36-37-46-43-20-5-10-26-52(43)70(65(46)64(45)69)61-34-14-24-50(66-61)40-35-38-60-49(39-40)44-21-8-13-33-59(44)71-60/h1-39H. The molecule has 0 spiro atoms. The zero-order chi connectivity index (χ0) is 46.3. The van der Waals surface area contributed by atoms with Crippen molar-refractivity contribution in [2.45, 2.75) is 0 Å². The molecule has 5 nitrogen and oxygen atoms in total. The molecule has 6 aromatic heterocycles. The molecule has 0 atom stereocenters. The van der Waals surface area contributed by atoms with Crippen LogP contribution in [-0.2, 0) is 0 Å². The van der Waals surface area contributed by atoms with Crippen LogP contribution in [0.1, 0.15) is 0 Å². The Balaban J connectivity index is 0.993. The summed E-state index contributed by atoms with van der Waals surface area (Å²) in [6.45, 7) is 0. The lowest BCUT2D eigenvalue weighted by Gasteiger charge is -2.14. The van der Waals surface area contributed by atoms with Crippen molar-refractivity contribution < 1.29 is 0 Å². The van der Waals surface area contributed by atoms with E-state index in [9.17, 15) is 0 Å². The van der Waals surface area contributed by atoms with Gasteiger partial charge in [-0.25, -0.2) is 4.98 Å². The lowest BCUT2D eigenvalue weighted by molar-refractivity contribution is 1.08. The summed E-state index contributed by atoms with van der Waals surface area (Å²) in [5, 5.41) is 12.2. The topological polar surface area (TPSA) is 32.6 Å². The number of hydrogen-bond donors (Lipinski definition) is 0. The van der Waals surface area contributed by atoms with Gasteiger partial charge in [0.2, 0.25) is 0 Å². The minimum absolute atomic E-state index is 0.880. The first-order valence-electron chi connectivity index (χ1n) is 24.2. The molecule has 0 radical (unpaired) electrons. The highest BCUT2D eigenvalue weighted by Gasteiger charge is 2.26. The van der Waals surface area contributed by atoms with Gasteiger partial charge in [-0.2, -0.15) is 0 Å². The van der Waals surface area contributed by atoms with Crippen molar-refractivity contribution in [1.29, 1.82) is 0 Å². The first kappa shape index (κ1) is 38.7. The zero-order valence-electron chi connectivity index (χ0n) is 38.2. The van der Waals surface area contributed by atoms with Crippen molar-refractivity contribution in [2.75, 3.05) is 0 Å². The number of aromatic nitrogens is 5. The van der Waals surface area contributed by atoms with Crippen molar-refractivity contribution in [1.82, 2.24) is 23.3 Å². The van der Waals surface area contributed by atoms with Gasteiger partial charge in [-0.05, 0) is 91.0 Å². The van der Waals surface area contributed by atoms with Gasteiger partial charge in [0.05, 0.1) is 61.2 Å². The monoisotopic (exact) mass is 921 g/mol. The van der Waals surface area contributed by atoms with Gasteiger partial charge in [0, 0.05) is 74.5 Å². The fourth-order valence-electron chi connectivity index (χ4n) is 12.1. The Morgan fingerprint density at radius 3 is 1.48 bits per heavy atom. The number of nitrogens with zero attached hydrogens (tertiary/aromatic N) is 5. The number of pyridine rings is 1. The van der Waals surface area contributed by atoms with E-state index in [0.717, 1.165) is 67.2 Å². The number of para-hydroxylation sites is 5. The second kappa shape index (κ2) is 14.6. The molecule has 0 fully saturated rings. The Morgan fingerprint density at radius 1 is 0.296 bits per heavy atom. The Kier molecular flexibility index (Phi) is 7.98. The Labute approximate surface area is 410 Å². The van der Waals surface area contributed by atoms with Crippen LogP contribution >= 0.6 is 11.3 Å². The molecule has 6 heteroatoms. The van der Waals surface area contributed by atoms with Crippen LogP contribution in [0, 0.1) is 0 Å². The maximum Gasteiger partial charge on any atom is 0.138 e. The minimum Gasteiger partial charge on any atom is -0.309 e. The Morgan fingerprint density at radius 2 is 0.789 bits per heavy atom. The quantitative estimate of drug-likeness (QED) is 0.169. The summed E-state index contributed by atoms with van der Waals surface area (Å²) in [4.78, 5) is 5.57. The maximum absolute atomic E-state index is 5.57. The van der Waals surface area contributed by atoms with Gasteiger partial charge in [-0.1, -0.05) is 146 Å². The second-order valence-electron chi connectivity index (χ2n) is 18.6. The first-order chi connectivity index (χ1) is 35.3. The molecule has 0 saturated carbocycles. The van der Waals surface area contributed by atoms with E-state index in [1.807, 2.05) is 11.3 Å². The number of thiophene rings is 1. The maximum atomic E-state index is 5.57. The molecule has 16 rings (SSSR count). The highest BCUT2D eigenvalue weighted by molar-refractivity contribution is 7.25. The minimum atomic E-state index is 0.880. The molecule has 0 bridgehead atoms. The van der Waals surface area contributed by atoms with Crippen LogP contribution in [0.4, 0.5) is 0 Å². The second-order valence-corrected chi connectivity index (χ2v) is 19.7. The van der Waals surface area contributed by atoms with Crippen molar-refractivity contribution in [3.63, 3.8) is 0 Å². The lowest BCUT2D eigenvalue weighted by atomic mass is 10.1. The van der Waals surface area contributed by atoms with E-state index >= 15 is 0 Å². The SMILES string of the molecule is c1ccc(-n2c3ccccc3c3c(-n4c5ccccc5c5c(-n6c7ccccc7c7ccc8c9ccccc9n(-c9cccc(-c%10ccc%11sc%12ccccc%12c%11c%10)n9)c8c76)cccc54)cccc32)cc1. The van der Waals surface area contributed by atoms with Gasteiger partial charge in [0.1, 0.15) is 5.82 Å². The van der Waals surface area contributed by atoms with Gasteiger partial charge in [0.25, 0.3) is 0 Å². The molecule has 0 unspecified atom stereocenters. The fourth-order valence-corrected chi connectivity index (χ4v) is 13.2. The number of benzene rings is 10.